The Morgan fingerprint density at radius 1 is 1.20 bits per heavy atom. The van der Waals surface area contributed by atoms with Gasteiger partial charge >= 0.3 is 0 Å². The third kappa shape index (κ3) is 2.98. The number of Topliss-reactive ketones (excluding diaryl/α,β-unsaturated/α-hetero) is 1. The number of carbonyl (C=O) groups is 1. The average molecular weight is 208 g/mol. The van der Waals surface area contributed by atoms with E-state index in [0.717, 1.165) is 17.1 Å². The van der Waals surface area contributed by atoms with Gasteiger partial charge in [0.25, 0.3) is 0 Å². The molecule has 1 aromatic rings. The van der Waals surface area contributed by atoms with E-state index < -0.39 is 0 Å². The summed E-state index contributed by atoms with van der Waals surface area (Å²) in [7, 11) is 3.23. The molecule has 0 N–H and O–H groups in total. The fraction of sp³-hybridized carbons (Fsp3) is 0.417. The van der Waals surface area contributed by atoms with Crippen LogP contribution < -0.4 is 9.47 Å². The summed E-state index contributed by atoms with van der Waals surface area (Å²) in [5.41, 5.74) is 0.956. The number of benzene rings is 1. The van der Waals surface area contributed by atoms with E-state index in [0.29, 0.717) is 12.8 Å². The Morgan fingerprint density at radius 2 is 1.73 bits per heavy atom. The minimum absolute atomic E-state index is 0.169. The van der Waals surface area contributed by atoms with Crippen LogP contribution in [0.3, 0.4) is 0 Å². The van der Waals surface area contributed by atoms with Crippen molar-refractivity contribution in [3.63, 3.8) is 0 Å². The Hall–Kier alpha value is -1.51. The highest BCUT2D eigenvalue weighted by Crippen LogP contribution is 2.29. The van der Waals surface area contributed by atoms with Crippen molar-refractivity contribution in [2.75, 3.05) is 14.2 Å². The maximum Gasteiger partial charge on any atom is 0.130 e. The molecule has 0 heterocycles. The fourth-order valence-electron chi connectivity index (χ4n) is 1.48. The Bertz CT molecular complexity index is 322. The molecule has 0 unspecified atom stereocenters. The number of carbonyl (C=O) groups excluding carboxylic acids is 1. The first-order valence-corrected chi connectivity index (χ1v) is 4.88. The Balaban J connectivity index is 2.94. The van der Waals surface area contributed by atoms with Crippen molar-refractivity contribution in [3.05, 3.63) is 23.8 Å². The van der Waals surface area contributed by atoms with E-state index in [1.807, 2.05) is 18.2 Å². The first kappa shape index (κ1) is 11.6. The van der Waals surface area contributed by atoms with Crippen molar-refractivity contribution in [1.82, 2.24) is 0 Å². The molecule has 3 nitrogen and oxygen atoms in total. The Morgan fingerprint density at radius 3 is 2.13 bits per heavy atom. The van der Waals surface area contributed by atoms with Crippen molar-refractivity contribution in [1.29, 1.82) is 0 Å². The van der Waals surface area contributed by atoms with Crippen LogP contribution in [-0.2, 0) is 11.2 Å². The largest absolute Gasteiger partial charge is 0.496 e. The van der Waals surface area contributed by atoms with Crippen LogP contribution in [0.4, 0.5) is 0 Å². The molecule has 0 fully saturated rings. The third-order valence-electron chi connectivity index (χ3n) is 2.26. The van der Waals surface area contributed by atoms with Gasteiger partial charge in [-0.1, -0.05) is 6.07 Å². The smallest absolute Gasteiger partial charge is 0.130 e. The molecule has 0 aliphatic heterocycles. The van der Waals surface area contributed by atoms with Gasteiger partial charge < -0.3 is 14.3 Å². The molecule has 0 saturated carbocycles. The van der Waals surface area contributed by atoms with Crippen LogP contribution >= 0.6 is 0 Å². The lowest BCUT2D eigenvalue weighted by Gasteiger charge is -2.11. The van der Waals surface area contributed by atoms with Gasteiger partial charge in [0.2, 0.25) is 0 Å². The number of hydrogen-bond acceptors (Lipinski definition) is 3. The van der Waals surface area contributed by atoms with Gasteiger partial charge in [0.1, 0.15) is 17.3 Å². The van der Waals surface area contributed by atoms with Crippen LogP contribution in [0.5, 0.6) is 11.5 Å². The van der Waals surface area contributed by atoms with Crippen molar-refractivity contribution < 1.29 is 14.3 Å². The number of rotatable bonds is 5. The van der Waals surface area contributed by atoms with Crippen LogP contribution in [0.15, 0.2) is 18.2 Å². The fourth-order valence-corrected chi connectivity index (χ4v) is 1.48. The molecular weight excluding hydrogens is 192 g/mol. The second-order valence-corrected chi connectivity index (χ2v) is 3.34. The molecule has 82 valence electrons. The minimum atomic E-state index is 0.169. The lowest BCUT2D eigenvalue weighted by molar-refractivity contribution is -0.116. The predicted octanol–water partition coefficient (Wildman–Crippen LogP) is 2.23. The first-order valence-electron chi connectivity index (χ1n) is 4.88. The number of ketones is 1. The van der Waals surface area contributed by atoms with Crippen molar-refractivity contribution in [2.45, 2.75) is 19.8 Å². The van der Waals surface area contributed by atoms with E-state index in [9.17, 15) is 4.79 Å². The van der Waals surface area contributed by atoms with Gasteiger partial charge in [-0.3, -0.25) is 0 Å². The van der Waals surface area contributed by atoms with Gasteiger partial charge in [-0.25, -0.2) is 0 Å². The lowest BCUT2D eigenvalue weighted by atomic mass is 10.1. The Kier molecular flexibility index (Phi) is 4.16. The molecule has 0 aromatic heterocycles. The lowest BCUT2D eigenvalue weighted by Crippen LogP contribution is -2.00. The van der Waals surface area contributed by atoms with Crippen molar-refractivity contribution >= 4 is 5.78 Å². The van der Waals surface area contributed by atoms with Gasteiger partial charge in [0, 0.05) is 12.0 Å². The van der Waals surface area contributed by atoms with Gasteiger partial charge in [-0.05, 0) is 25.5 Å². The molecule has 0 aliphatic carbocycles. The predicted molar refractivity (Wildman–Crippen MR) is 58.5 cm³/mol. The second kappa shape index (κ2) is 5.39. The minimum Gasteiger partial charge on any atom is -0.496 e. The van der Waals surface area contributed by atoms with E-state index in [-0.39, 0.29) is 5.78 Å². The summed E-state index contributed by atoms with van der Waals surface area (Å²) in [6.07, 6.45) is 1.17. The molecule has 3 heteroatoms. The zero-order valence-corrected chi connectivity index (χ0v) is 9.37. The van der Waals surface area contributed by atoms with Crippen molar-refractivity contribution in [3.8, 4) is 11.5 Å². The number of ether oxygens (including phenoxy) is 2. The standard InChI is InChI=1S/C12H16O3/c1-9(13)7-8-10-11(14-2)5-4-6-12(10)15-3/h4-6H,7-8H2,1-3H3. The van der Waals surface area contributed by atoms with E-state index in [1.165, 1.54) is 0 Å². The summed E-state index contributed by atoms with van der Waals surface area (Å²) in [6, 6.07) is 5.62. The van der Waals surface area contributed by atoms with Gasteiger partial charge in [-0.2, -0.15) is 0 Å². The van der Waals surface area contributed by atoms with Gasteiger partial charge in [0.15, 0.2) is 0 Å². The molecular formula is C12H16O3. The Labute approximate surface area is 90.0 Å². The third-order valence-corrected chi connectivity index (χ3v) is 2.26. The summed E-state index contributed by atoms with van der Waals surface area (Å²) in [5.74, 6) is 1.72. The molecule has 0 radical (unpaired) electrons. The van der Waals surface area contributed by atoms with E-state index >= 15 is 0 Å². The van der Waals surface area contributed by atoms with Crippen LogP contribution in [0, 0.1) is 0 Å². The second-order valence-electron chi connectivity index (χ2n) is 3.34. The van der Waals surface area contributed by atoms with Crippen LogP contribution in [0.1, 0.15) is 18.9 Å². The summed E-state index contributed by atoms with van der Waals surface area (Å²) in [6.45, 7) is 1.59. The molecule has 0 spiro atoms. The summed E-state index contributed by atoms with van der Waals surface area (Å²) in [5, 5.41) is 0. The zero-order chi connectivity index (χ0) is 11.3. The molecule has 15 heavy (non-hydrogen) atoms. The molecule has 0 atom stereocenters. The number of methoxy groups -OCH3 is 2. The molecule has 0 bridgehead atoms. The monoisotopic (exact) mass is 208 g/mol. The summed E-state index contributed by atoms with van der Waals surface area (Å²) < 4.78 is 10.5. The summed E-state index contributed by atoms with van der Waals surface area (Å²) >= 11 is 0. The number of hydrogen-bond donors (Lipinski definition) is 0. The maximum absolute atomic E-state index is 10.9. The van der Waals surface area contributed by atoms with E-state index in [1.54, 1.807) is 21.1 Å². The molecule has 0 saturated heterocycles. The first-order chi connectivity index (χ1) is 7.19. The normalized spacial score (nSPS) is 9.80. The highest BCUT2D eigenvalue weighted by atomic mass is 16.5. The van der Waals surface area contributed by atoms with Crippen LogP contribution in [0.25, 0.3) is 0 Å². The molecule has 0 aliphatic rings. The van der Waals surface area contributed by atoms with E-state index in [4.69, 9.17) is 9.47 Å². The molecule has 0 amide bonds. The highest BCUT2D eigenvalue weighted by molar-refractivity contribution is 5.76. The SMILES string of the molecule is COc1cccc(OC)c1CCC(C)=O. The topological polar surface area (TPSA) is 35.5 Å². The highest BCUT2D eigenvalue weighted by Gasteiger charge is 2.09. The van der Waals surface area contributed by atoms with Crippen LogP contribution in [0.2, 0.25) is 0 Å². The quantitative estimate of drug-likeness (QED) is 0.744. The van der Waals surface area contributed by atoms with Crippen molar-refractivity contribution in [2.24, 2.45) is 0 Å². The van der Waals surface area contributed by atoms with Gasteiger partial charge in [-0.15, -0.1) is 0 Å². The molecule has 1 aromatic carbocycles. The average Bonchev–Trinajstić information content (AvgIpc) is 2.25. The van der Waals surface area contributed by atoms with Crippen LogP contribution in [-0.4, -0.2) is 20.0 Å². The van der Waals surface area contributed by atoms with E-state index in [2.05, 4.69) is 0 Å². The molecule has 1 rings (SSSR count). The zero-order valence-electron chi connectivity index (χ0n) is 9.37. The summed E-state index contributed by atoms with van der Waals surface area (Å²) in [4.78, 5) is 10.9. The van der Waals surface area contributed by atoms with Gasteiger partial charge in [0.05, 0.1) is 14.2 Å². The maximum atomic E-state index is 10.9.